The van der Waals surface area contributed by atoms with Crippen LogP contribution in [0.2, 0.25) is 5.02 Å². The maximum atomic E-state index is 14.0. The van der Waals surface area contributed by atoms with E-state index in [0.29, 0.717) is 10.6 Å². The fourth-order valence-electron chi connectivity index (χ4n) is 2.17. The summed E-state index contributed by atoms with van der Waals surface area (Å²) in [4.78, 5) is 4.35. The highest BCUT2D eigenvalue weighted by Gasteiger charge is 2.20. The van der Waals surface area contributed by atoms with Gasteiger partial charge in [0.1, 0.15) is 11.6 Å². The summed E-state index contributed by atoms with van der Waals surface area (Å²) in [5, 5.41) is 3.51. The van der Waals surface area contributed by atoms with Crippen molar-refractivity contribution in [2.75, 3.05) is 7.05 Å². The van der Waals surface area contributed by atoms with E-state index in [0.717, 1.165) is 18.8 Å². The van der Waals surface area contributed by atoms with Crippen LogP contribution in [0.1, 0.15) is 30.8 Å². The highest BCUT2D eigenvalue weighted by molar-refractivity contribution is 6.30. The van der Waals surface area contributed by atoms with E-state index < -0.39 is 0 Å². The molecule has 0 aliphatic heterocycles. The quantitative estimate of drug-likeness (QED) is 0.910. The van der Waals surface area contributed by atoms with Gasteiger partial charge >= 0.3 is 0 Å². The number of aromatic nitrogens is 2. The lowest BCUT2D eigenvalue weighted by molar-refractivity contribution is 0.533. The van der Waals surface area contributed by atoms with E-state index in [-0.39, 0.29) is 11.9 Å². The normalized spacial score (nSPS) is 12.6. The molecule has 0 fully saturated rings. The summed E-state index contributed by atoms with van der Waals surface area (Å²) in [6, 6.07) is 4.44. The first-order valence-corrected chi connectivity index (χ1v) is 6.68. The van der Waals surface area contributed by atoms with Gasteiger partial charge in [0.05, 0.1) is 6.04 Å². The van der Waals surface area contributed by atoms with Crippen molar-refractivity contribution in [2.24, 2.45) is 0 Å². The van der Waals surface area contributed by atoms with Gasteiger partial charge in [0.2, 0.25) is 0 Å². The second-order valence-electron chi connectivity index (χ2n) is 4.37. The lowest BCUT2D eigenvalue weighted by Gasteiger charge is -2.18. The van der Waals surface area contributed by atoms with Gasteiger partial charge in [-0.3, -0.25) is 0 Å². The van der Waals surface area contributed by atoms with E-state index >= 15 is 0 Å². The Morgan fingerprint density at radius 1 is 1.47 bits per heavy atom. The summed E-state index contributed by atoms with van der Waals surface area (Å²) in [6.07, 6.45) is 4.66. The summed E-state index contributed by atoms with van der Waals surface area (Å²) in [5.41, 5.74) is 0.551. The standard InChI is InChI=1S/C14H17ClFN3/c1-3-7-19-8-6-18-14(19)13(17-2)11-5-4-10(15)9-12(11)16/h4-6,8-9,13,17H,3,7H2,1-2H3. The van der Waals surface area contributed by atoms with Crippen LogP contribution in [0.4, 0.5) is 4.39 Å². The van der Waals surface area contributed by atoms with Crippen molar-refractivity contribution in [1.29, 1.82) is 0 Å². The molecule has 1 aromatic carbocycles. The molecule has 1 atom stereocenters. The minimum Gasteiger partial charge on any atom is -0.333 e. The molecule has 0 saturated heterocycles. The maximum absolute atomic E-state index is 14.0. The number of imidazole rings is 1. The average molecular weight is 282 g/mol. The van der Waals surface area contributed by atoms with Crippen molar-refractivity contribution < 1.29 is 4.39 Å². The first-order valence-electron chi connectivity index (χ1n) is 6.30. The highest BCUT2D eigenvalue weighted by atomic mass is 35.5. The molecule has 19 heavy (non-hydrogen) atoms. The van der Waals surface area contributed by atoms with E-state index in [2.05, 4.69) is 17.2 Å². The van der Waals surface area contributed by atoms with Crippen LogP contribution in [0, 0.1) is 5.82 Å². The Bertz CT molecular complexity index is 553. The Labute approximate surface area is 117 Å². The molecule has 1 N–H and O–H groups in total. The molecule has 2 aromatic rings. The number of nitrogens with zero attached hydrogens (tertiary/aromatic N) is 2. The van der Waals surface area contributed by atoms with Gasteiger partial charge in [-0.1, -0.05) is 24.6 Å². The average Bonchev–Trinajstić information content (AvgIpc) is 2.82. The lowest BCUT2D eigenvalue weighted by atomic mass is 10.1. The second kappa shape index (κ2) is 6.17. The van der Waals surface area contributed by atoms with Crippen molar-refractivity contribution in [1.82, 2.24) is 14.9 Å². The van der Waals surface area contributed by atoms with Crippen LogP contribution in [-0.2, 0) is 6.54 Å². The summed E-state index contributed by atoms with van der Waals surface area (Å²) in [7, 11) is 1.80. The number of nitrogens with one attached hydrogen (secondary N) is 1. The van der Waals surface area contributed by atoms with Gasteiger partial charge in [-0.2, -0.15) is 0 Å². The fraction of sp³-hybridized carbons (Fsp3) is 0.357. The topological polar surface area (TPSA) is 29.9 Å². The lowest BCUT2D eigenvalue weighted by Crippen LogP contribution is -2.23. The number of halogens is 2. The number of hydrogen-bond donors (Lipinski definition) is 1. The van der Waals surface area contributed by atoms with Crippen molar-refractivity contribution in [2.45, 2.75) is 25.9 Å². The largest absolute Gasteiger partial charge is 0.333 e. The number of rotatable bonds is 5. The van der Waals surface area contributed by atoms with Crippen LogP contribution in [0.15, 0.2) is 30.6 Å². The van der Waals surface area contributed by atoms with Crippen molar-refractivity contribution >= 4 is 11.6 Å². The minimum atomic E-state index is -0.321. The van der Waals surface area contributed by atoms with Gasteiger partial charge in [0, 0.05) is 29.5 Å². The molecule has 102 valence electrons. The monoisotopic (exact) mass is 281 g/mol. The number of hydrogen-bond acceptors (Lipinski definition) is 2. The number of benzene rings is 1. The van der Waals surface area contributed by atoms with Crippen LogP contribution in [0.3, 0.4) is 0 Å². The molecular weight excluding hydrogens is 265 g/mol. The molecule has 0 aliphatic carbocycles. The summed E-state index contributed by atoms with van der Waals surface area (Å²) < 4.78 is 16.1. The van der Waals surface area contributed by atoms with Gasteiger partial charge < -0.3 is 9.88 Å². The Hall–Kier alpha value is -1.39. The summed E-state index contributed by atoms with van der Waals surface area (Å²) in [5.74, 6) is 0.489. The van der Waals surface area contributed by atoms with Gasteiger partial charge in [-0.05, 0) is 25.6 Å². The van der Waals surface area contributed by atoms with Crippen molar-refractivity contribution in [3.05, 3.63) is 52.8 Å². The predicted octanol–water partition coefficient (Wildman–Crippen LogP) is 3.39. The third kappa shape index (κ3) is 2.96. The zero-order valence-electron chi connectivity index (χ0n) is 11.0. The maximum Gasteiger partial charge on any atom is 0.130 e. The molecule has 5 heteroatoms. The summed E-state index contributed by atoms with van der Waals surface area (Å²) in [6.45, 7) is 2.96. The Morgan fingerprint density at radius 3 is 2.89 bits per heavy atom. The third-order valence-corrected chi connectivity index (χ3v) is 3.27. The zero-order valence-corrected chi connectivity index (χ0v) is 11.8. The van der Waals surface area contributed by atoms with Crippen molar-refractivity contribution in [3.63, 3.8) is 0 Å². The SMILES string of the molecule is CCCn1ccnc1C(NC)c1ccc(Cl)cc1F. The van der Waals surface area contributed by atoms with Crippen LogP contribution >= 0.6 is 11.6 Å². The van der Waals surface area contributed by atoms with E-state index in [1.165, 1.54) is 6.07 Å². The Kier molecular flexibility index (Phi) is 4.56. The van der Waals surface area contributed by atoms with E-state index in [9.17, 15) is 4.39 Å². The van der Waals surface area contributed by atoms with E-state index in [1.807, 2.05) is 10.8 Å². The van der Waals surface area contributed by atoms with Gasteiger partial charge in [-0.15, -0.1) is 0 Å². The van der Waals surface area contributed by atoms with Crippen LogP contribution in [-0.4, -0.2) is 16.6 Å². The van der Waals surface area contributed by atoms with Crippen LogP contribution in [0.25, 0.3) is 0 Å². The first kappa shape index (κ1) is 14.0. The van der Waals surface area contributed by atoms with Crippen LogP contribution in [0.5, 0.6) is 0 Å². The molecule has 0 radical (unpaired) electrons. The van der Waals surface area contributed by atoms with Gasteiger partial charge in [0.25, 0.3) is 0 Å². The fourth-order valence-corrected chi connectivity index (χ4v) is 2.33. The molecule has 0 amide bonds. The van der Waals surface area contributed by atoms with Gasteiger partial charge in [-0.25, -0.2) is 9.37 Å². The number of aryl methyl sites for hydroxylation is 1. The molecule has 2 rings (SSSR count). The molecule has 1 heterocycles. The third-order valence-electron chi connectivity index (χ3n) is 3.03. The van der Waals surface area contributed by atoms with Gasteiger partial charge in [0.15, 0.2) is 0 Å². The molecule has 0 saturated carbocycles. The minimum absolute atomic E-state index is 0.279. The first-order chi connectivity index (χ1) is 9.17. The molecule has 0 spiro atoms. The van der Waals surface area contributed by atoms with E-state index in [1.54, 1.807) is 25.4 Å². The molecule has 1 aromatic heterocycles. The van der Waals surface area contributed by atoms with E-state index in [4.69, 9.17) is 11.6 Å². The molecule has 1 unspecified atom stereocenters. The second-order valence-corrected chi connectivity index (χ2v) is 4.80. The molecular formula is C14H17ClFN3. The molecule has 0 bridgehead atoms. The Morgan fingerprint density at radius 2 is 2.26 bits per heavy atom. The zero-order chi connectivity index (χ0) is 13.8. The summed E-state index contributed by atoms with van der Waals surface area (Å²) >= 11 is 5.79. The molecule has 3 nitrogen and oxygen atoms in total. The molecule has 0 aliphatic rings. The van der Waals surface area contributed by atoms with Crippen molar-refractivity contribution in [3.8, 4) is 0 Å². The highest BCUT2D eigenvalue weighted by Crippen LogP contribution is 2.25. The smallest absolute Gasteiger partial charge is 0.130 e. The van der Waals surface area contributed by atoms with Crippen LogP contribution < -0.4 is 5.32 Å². The predicted molar refractivity (Wildman–Crippen MR) is 74.8 cm³/mol. The Balaban J connectivity index is 2.41.